The van der Waals surface area contributed by atoms with Gasteiger partial charge in [-0.05, 0) is 69.4 Å². The molecule has 2 bridgehead atoms. The fourth-order valence-corrected chi connectivity index (χ4v) is 5.17. The van der Waals surface area contributed by atoms with E-state index in [0.717, 1.165) is 31.7 Å². The highest BCUT2D eigenvalue weighted by molar-refractivity contribution is 5.90. The summed E-state index contributed by atoms with van der Waals surface area (Å²) in [4.78, 5) is 46.0. The molecule has 38 heavy (non-hydrogen) atoms. The number of carboxylic acid groups (broad SMARTS) is 2. The fraction of sp³-hybridized carbons (Fsp3) is 0.538. The van der Waals surface area contributed by atoms with Crippen molar-refractivity contribution >= 4 is 23.8 Å². The Labute approximate surface area is 217 Å². The molecule has 2 heterocycles. The van der Waals surface area contributed by atoms with Crippen LogP contribution in [-0.2, 0) is 25.6 Å². The summed E-state index contributed by atoms with van der Waals surface area (Å²) in [6, 6.07) is 0.561. The molecule has 0 spiro atoms. The first-order chi connectivity index (χ1) is 17.9. The highest BCUT2D eigenvalue weighted by Gasteiger charge is 2.46. The minimum absolute atomic E-state index is 0.0439. The van der Waals surface area contributed by atoms with E-state index in [0.29, 0.717) is 31.1 Å². The lowest BCUT2D eigenvalue weighted by Gasteiger charge is -2.42. The molecule has 0 radical (unpaired) electrons. The lowest BCUT2D eigenvalue weighted by atomic mass is 9.82. The van der Waals surface area contributed by atoms with E-state index in [2.05, 4.69) is 5.32 Å². The minimum atomic E-state index is -1.26. The van der Waals surface area contributed by atoms with Gasteiger partial charge in [0.1, 0.15) is 11.9 Å². The second-order valence-electron chi connectivity index (χ2n) is 10.1. The van der Waals surface area contributed by atoms with Crippen LogP contribution >= 0.6 is 0 Å². The Morgan fingerprint density at radius 3 is 2.00 bits per heavy atom. The largest absolute Gasteiger partial charge is 0.478 e. The van der Waals surface area contributed by atoms with Gasteiger partial charge in [-0.2, -0.15) is 0 Å². The summed E-state index contributed by atoms with van der Waals surface area (Å²) in [5.41, 5.74) is 6.41. The molecule has 5 N–H and O–H groups in total. The molecule has 9 nitrogen and oxygen atoms in total. The fourth-order valence-electron chi connectivity index (χ4n) is 5.17. The van der Waals surface area contributed by atoms with Gasteiger partial charge in [0.25, 0.3) is 0 Å². The number of nitrogens with two attached hydrogens (primary N) is 1. The Morgan fingerprint density at radius 1 is 0.974 bits per heavy atom. The zero-order valence-electron chi connectivity index (χ0n) is 20.9. The molecule has 1 saturated carbocycles. The molecule has 12 heteroatoms. The monoisotopic (exact) mass is 539 g/mol. The smallest absolute Gasteiger partial charge is 0.328 e. The number of nitrogens with zero attached hydrogens (tertiary/aromatic N) is 1. The number of piperidine rings is 1. The third-order valence-corrected chi connectivity index (χ3v) is 7.22. The summed E-state index contributed by atoms with van der Waals surface area (Å²) >= 11 is 0. The maximum absolute atomic E-state index is 14.0. The van der Waals surface area contributed by atoms with E-state index in [1.807, 2.05) is 4.90 Å². The topological polar surface area (TPSA) is 150 Å². The van der Waals surface area contributed by atoms with Crippen LogP contribution in [0, 0.1) is 29.3 Å². The first kappa shape index (κ1) is 29.2. The summed E-state index contributed by atoms with van der Waals surface area (Å²) < 4.78 is 40.6. The molecule has 208 valence electrons. The second kappa shape index (κ2) is 12.4. The first-order valence-electron chi connectivity index (χ1n) is 12.5. The van der Waals surface area contributed by atoms with Crippen LogP contribution in [0.25, 0.3) is 0 Å². The number of carbonyl (C=O) groups excluding carboxylic acids is 2. The van der Waals surface area contributed by atoms with Crippen LogP contribution in [0.5, 0.6) is 0 Å². The molecule has 3 aliphatic rings. The van der Waals surface area contributed by atoms with Crippen LogP contribution in [-0.4, -0.2) is 63.0 Å². The van der Waals surface area contributed by atoms with Gasteiger partial charge in [0, 0.05) is 42.3 Å². The van der Waals surface area contributed by atoms with Gasteiger partial charge in [-0.15, -0.1) is 0 Å². The van der Waals surface area contributed by atoms with Crippen LogP contribution in [0.4, 0.5) is 13.2 Å². The average molecular weight is 540 g/mol. The van der Waals surface area contributed by atoms with Crippen LogP contribution < -0.4 is 11.1 Å². The summed E-state index contributed by atoms with van der Waals surface area (Å²) in [7, 11) is 0. The van der Waals surface area contributed by atoms with Crippen molar-refractivity contribution in [2.45, 2.75) is 76.0 Å². The molecule has 1 aromatic rings. The van der Waals surface area contributed by atoms with E-state index in [4.69, 9.17) is 15.9 Å². The Balaban J connectivity index is 0.000000436. The summed E-state index contributed by atoms with van der Waals surface area (Å²) in [5, 5.41) is 18.5. The number of fused-ring (bicyclic) bond motifs is 2. The van der Waals surface area contributed by atoms with Crippen molar-refractivity contribution in [2.24, 2.45) is 17.6 Å². The van der Waals surface area contributed by atoms with Crippen LogP contribution in [0.1, 0.15) is 51.0 Å². The molecule has 2 amide bonds. The zero-order chi connectivity index (χ0) is 28.1. The molecule has 5 atom stereocenters. The molecule has 1 aliphatic carbocycles. The Bertz CT molecular complexity index is 1080. The number of hydrogen-bond donors (Lipinski definition) is 4. The highest BCUT2D eigenvalue weighted by atomic mass is 19.2. The van der Waals surface area contributed by atoms with Gasteiger partial charge in [0.05, 0.1) is 0 Å². The predicted molar refractivity (Wildman–Crippen MR) is 129 cm³/mol. The van der Waals surface area contributed by atoms with Crippen molar-refractivity contribution in [3.8, 4) is 0 Å². The van der Waals surface area contributed by atoms with Gasteiger partial charge in [0.2, 0.25) is 11.8 Å². The van der Waals surface area contributed by atoms with Crippen molar-refractivity contribution in [1.29, 1.82) is 0 Å². The third kappa shape index (κ3) is 7.56. The Kier molecular flexibility index (Phi) is 9.53. The van der Waals surface area contributed by atoms with Crippen LogP contribution in [0.3, 0.4) is 0 Å². The van der Waals surface area contributed by atoms with Crippen molar-refractivity contribution in [3.63, 3.8) is 0 Å². The third-order valence-electron chi connectivity index (χ3n) is 7.22. The molecule has 2 aliphatic heterocycles. The predicted octanol–water partition coefficient (Wildman–Crippen LogP) is 2.37. The number of carbonyl (C=O) groups is 4. The summed E-state index contributed by atoms with van der Waals surface area (Å²) in [5.74, 6) is -5.59. The van der Waals surface area contributed by atoms with Crippen LogP contribution in [0.15, 0.2) is 24.3 Å². The number of nitrogens with one attached hydrogen (secondary N) is 1. The van der Waals surface area contributed by atoms with Crippen molar-refractivity contribution in [3.05, 3.63) is 47.3 Å². The number of hydrogen-bond acceptors (Lipinski definition) is 5. The van der Waals surface area contributed by atoms with E-state index in [-0.39, 0.29) is 47.7 Å². The molecule has 2 saturated heterocycles. The van der Waals surface area contributed by atoms with Gasteiger partial charge in [-0.3, -0.25) is 9.59 Å². The summed E-state index contributed by atoms with van der Waals surface area (Å²) in [6.07, 6.45) is 6.15. The molecular weight excluding hydrogens is 507 g/mol. The SMILES string of the molecule is CC(NC(=O)C1CC1)C(=O)N1C2CC[C@H]1CC([C@H](N)Cc1cc(F)c(F)cc1F)C2.O=C(O)/C=C\C(=O)O. The number of benzene rings is 1. The number of aliphatic carboxylic acids is 2. The quantitative estimate of drug-likeness (QED) is 0.293. The van der Waals surface area contributed by atoms with Gasteiger partial charge in [-0.25, -0.2) is 22.8 Å². The molecular formula is C26H32F3N3O6. The standard InChI is InChI=1S/C22H28F3N3O2.C4H4O4/c1-11(27-21(29)12-2-3-12)22(30)28-15-4-5-16(28)7-14(6-15)20(26)9-13-8-18(24)19(25)10-17(13)23;5-3(6)1-2-4(7)8/h8,10-12,14-16,20H,2-7,9,26H2,1H3,(H,27,29);1-2H,(H,5,6)(H,7,8)/b;2-1-/t11?,14?,15-,16?,20+;/m0./s1. The first-order valence-corrected chi connectivity index (χ1v) is 12.5. The van der Waals surface area contributed by atoms with Gasteiger partial charge in [0.15, 0.2) is 11.6 Å². The molecule has 1 aromatic carbocycles. The second-order valence-corrected chi connectivity index (χ2v) is 10.1. The van der Waals surface area contributed by atoms with E-state index in [1.54, 1.807) is 6.92 Å². The average Bonchev–Trinajstić information content (AvgIpc) is 3.66. The van der Waals surface area contributed by atoms with E-state index < -0.39 is 41.5 Å². The number of halogens is 3. The molecule has 0 aromatic heterocycles. The molecule has 4 rings (SSSR count). The maximum atomic E-state index is 14.0. The van der Waals surface area contributed by atoms with Gasteiger partial charge >= 0.3 is 11.9 Å². The van der Waals surface area contributed by atoms with Crippen molar-refractivity contribution < 1.29 is 42.6 Å². The Morgan fingerprint density at radius 2 is 1.50 bits per heavy atom. The van der Waals surface area contributed by atoms with E-state index in [1.165, 1.54) is 0 Å². The number of amides is 2. The highest BCUT2D eigenvalue weighted by Crippen LogP contribution is 2.40. The normalized spacial score (nSPS) is 23.8. The van der Waals surface area contributed by atoms with Gasteiger partial charge in [-0.1, -0.05) is 0 Å². The van der Waals surface area contributed by atoms with Crippen LogP contribution in [0.2, 0.25) is 0 Å². The summed E-state index contributed by atoms with van der Waals surface area (Å²) in [6.45, 7) is 1.73. The van der Waals surface area contributed by atoms with E-state index in [9.17, 15) is 32.3 Å². The number of carboxylic acids is 2. The van der Waals surface area contributed by atoms with Gasteiger partial charge < -0.3 is 26.2 Å². The lowest BCUT2D eigenvalue weighted by molar-refractivity contribution is -0.140. The maximum Gasteiger partial charge on any atom is 0.328 e. The minimum Gasteiger partial charge on any atom is -0.478 e. The van der Waals surface area contributed by atoms with Crippen molar-refractivity contribution in [1.82, 2.24) is 10.2 Å². The molecule has 3 fully saturated rings. The number of rotatable bonds is 8. The Hall–Kier alpha value is -3.41. The zero-order valence-corrected chi connectivity index (χ0v) is 20.9. The van der Waals surface area contributed by atoms with Crippen molar-refractivity contribution in [2.75, 3.05) is 0 Å². The lowest BCUT2D eigenvalue weighted by Crippen LogP contribution is -2.55. The van der Waals surface area contributed by atoms with E-state index >= 15 is 0 Å². The molecule has 3 unspecified atom stereocenters.